The van der Waals surface area contributed by atoms with Crippen molar-refractivity contribution in [2.45, 2.75) is 18.6 Å². The molecule has 0 aliphatic heterocycles. The zero-order valence-electron chi connectivity index (χ0n) is 14.3. The number of furan rings is 1. The average Bonchev–Trinajstić information content (AvgIpc) is 3.38. The minimum atomic E-state index is -0.209. The second-order valence-corrected chi connectivity index (χ2v) is 7.59. The fraction of sp³-hybridized carbons (Fsp3) is 0.176. The van der Waals surface area contributed by atoms with Gasteiger partial charge in [-0.15, -0.1) is 11.3 Å². The van der Waals surface area contributed by atoms with Gasteiger partial charge in [0.05, 0.1) is 24.1 Å². The normalized spacial score (nSPS) is 11.1. The number of nitrogens with zero attached hydrogens (tertiary/aromatic N) is 3. The van der Waals surface area contributed by atoms with Crippen molar-refractivity contribution in [3.8, 4) is 0 Å². The van der Waals surface area contributed by atoms with Gasteiger partial charge < -0.3 is 14.7 Å². The van der Waals surface area contributed by atoms with E-state index >= 15 is 0 Å². The minimum absolute atomic E-state index is 0.110. The molecule has 4 aromatic heterocycles. The van der Waals surface area contributed by atoms with Gasteiger partial charge in [-0.1, -0.05) is 11.8 Å². The molecule has 4 aromatic rings. The van der Waals surface area contributed by atoms with Crippen LogP contribution in [0.3, 0.4) is 0 Å². The first-order valence-electron chi connectivity index (χ1n) is 8.05. The summed E-state index contributed by atoms with van der Waals surface area (Å²) in [6.45, 7) is 2.11. The van der Waals surface area contributed by atoms with Crippen molar-refractivity contribution in [3.05, 3.63) is 57.8 Å². The first kappa shape index (κ1) is 17.6. The number of fused-ring (bicyclic) bond motifs is 1. The average molecular weight is 401 g/mol. The molecule has 8 nitrogen and oxygen atoms in total. The van der Waals surface area contributed by atoms with Crippen LogP contribution < -0.4 is 10.9 Å². The summed E-state index contributed by atoms with van der Waals surface area (Å²) in [4.78, 5) is 36.7. The van der Waals surface area contributed by atoms with Gasteiger partial charge in [0.25, 0.3) is 5.56 Å². The van der Waals surface area contributed by atoms with E-state index in [1.165, 1.54) is 27.7 Å². The number of hydrogen-bond donors (Lipinski definition) is 2. The first-order valence-corrected chi connectivity index (χ1v) is 9.91. The number of anilines is 1. The smallest absolute Gasteiger partial charge is 0.278 e. The molecular formula is C17H15N5O3S2. The molecule has 0 aliphatic rings. The lowest BCUT2D eigenvalue weighted by Crippen LogP contribution is -2.24. The molecule has 0 spiro atoms. The maximum absolute atomic E-state index is 12.9. The largest absolute Gasteiger partial charge is 0.467 e. The number of hydrogen-bond acceptors (Lipinski definition) is 7. The molecule has 0 radical (unpaired) electrons. The second-order valence-electron chi connectivity index (χ2n) is 5.75. The zero-order valence-corrected chi connectivity index (χ0v) is 15.9. The topological polar surface area (TPSA) is 106 Å². The Morgan fingerprint density at radius 3 is 3.11 bits per heavy atom. The number of H-pyrrole nitrogens is 1. The quantitative estimate of drug-likeness (QED) is 0.380. The predicted octanol–water partition coefficient (Wildman–Crippen LogP) is 2.86. The van der Waals surface area contributed by atoms with E-state index in [-0.39, 0.29) is 23.8 Å². The fourth-order valence-corrected chi connectivity index (χ4v) is 3.93. The van der Waals surface area contributed by atoms with Crippen molar-refractivity contribution in [2.24, 2.45) is 0 Å². The third-order valence-corrected chi connectivity index (χ3v) is 5.41. The van der Waals surface area contributed by atoms with E-state index in [0.29, 0.717) is 27.1 Å². The molecule has 1 amide bonds. The molecule has 27 heavy (non-hydrogen) atoms. The van der Waals surface area contributed by atoms with E-state index in [1.807, 2.05) is 13.0 Å². The van der Waals surface area contributed by atoms with E-state index in [1.54, 1.807) is 30.0 Å². The van der Waals surface area contributed by atoms with Gasteiger partial charge in [0.1, 0.15) is 11.3 Å². The van der Waals surface area contributed by atoms with Crippen molar-refractivity contribution >= 4 is 45.2 Å². The van der Waals surface area contributed by atoms with Crippen LogP contribution in [0.25, 0.3) is 11.0 Å². The monoisotopic (exact) mass is 401 g/mol. The second kappa shape index (κ2) is 7.41. The maximum Gasteiger partial charge on any atom is 0.278 e. The molecule has 0 saturated carbocycles. The van der Waals surface area contributed by atoms with Crippen molar-refractivity contribution in [2.75, 3.05) is 11.1 Å². The summed E-state index contributed by atoms with van der Waals surface area (Å²) < 4.78 is 6.88. The number of thiazole rings is 1. The molecular weight excluding hydrogens is 386 g/mol. The third kappa shape index (κ3) is 3.81. The van der Waals surface area contributed by atoms with Crippen molar-refractivity contribution in [1.29, 1.82) is 0 Å². The molecule has 0 unspecified atom stereocenters. The Morgan fingerprint density at radius 2 is 2.37 bits per heavy atom. The standard InChI is InChI=1S/C17H15N5O3S2/c1-10-7-12-14(19-10)15(24)22(8-11-3-2-5-25-11)17(20-12)27-9-13(23)21-16-18-4-6-26-16/h2-7,19H,8-9H2,1H3,(H,18,21,23). The highest BCUT2D eigenvalue weighted by molar-refractivity contribution is 7.99. The molecule has 0 saturated heterocycles. The first-order chi connectivity index (χ1) is 13.1. The number of aromatic amines is 1. The SMILES string of the molecule is Cc1cc2nc(SCC(=O)Nc3nccs3)n(Cc3ccco3)c(=O)c2[nH]1. The van der Waals surface area contributed by atoms with Gasteiger partial charge in [-0.05, 0) is 25.1 Å². The van der Waals surface area contributed by atoms with Gasteiger partial charge in [-0.25, -0.2) is 9.97 Å². The number of carbonyl (C=O) groups is 1. The number of nitrogens with one attached hydrogen (secondary N) is 2. The van der Waals surface area contributed by atoms with Crippen LogP contribution in [0.2, 0.25) is 0 Å². The van der Waals surface area contributed by atoms with Gasteiger partial charge in [0.2, 0.25) is 5.91 Å². The van der Waals surface area contributed by atoms with Gasteiger partial charge in [-0.2, -0.15) is 0 Å². The van der Waals surface area contributed by atoms with Crippen LogP contribution in [-0.2, 0) is 11.3 Å². The highest BCUT2D eigenvalue weighted by atomic mass is 32.2. The number of carbonyl (C=O) groups excluding carboxylic acids is 1. The Morgan fingerprint density at radius 1 is 1.48 bits per heavy atom. The van der Waals surface area contributed by atoms with E-state index in [2.05, 4.69) is 20.3 Å². The maximum atomic E-state index is 12.9. The number of aromatic nitrogens is 4. The molecule has 0 fully saturated rings. The molecule has 138 valence electrons. The lowest BCUT2D eigenvalue weighted by Gasteiger charge is -2.10. The van der Waals surface area contributed by atoms with Crippen molar-refractivity contribution < 1.29 is 9.21 Å². The number of thioether (sulfide) groups is 1. The highest BCUT2D eigenvalue weighted by Crippen LogP contribution is 2.20. The molecule has 0 aliphatic carbocycles. The molecule has 10 heteroatoms. The summed E-state index contributed by atoms with van der Waals surface area (Å²) >= 11 is 2.54. The van der Waals surface area contributed by atoms with Crippen LogP contribution in [0.4, 0.5) is 5.13 Å². The van der Waals surface area contributed by atoms with E-state index in [4.69, 9.17) is 4.42 Å². The Bertz CT molecular complexity index is 1130. The van der Waals surface area contributed by atoms with Gasteiger partial charge in [0.15, 0.2) is 10.3 Å². The van der Waals surface area contributed by atoms with Crippen LogP contribution in [0.5, 0.6) is 0 Å². The summed E-state index contributed by atoms with van der Waals surface area (Å²) in [5.41, 5.74) is 1.67. The highest BCUT2D eigenvalue weighted by Gasteiger charge is 2.16. The summed E-state index contributed by atoms with van der Waals surface area (Å²) in [5.74, 6) is 0.536. The fourth-order valence-electron chi connectivity index (χ4n) is 2.59. The van der Waals surface area contributed by atoms with Gasteiger partial charge in [0, 0.05) is 17.3 Å². The van der Waals surface area contributed by atoms with Crippen LogP contribution >= 0.6 is 23.1 Å². The summed E-state index contributed by atoms with van der Waals surface area (Å²) in [7, 11) is 0. The lowest BCUT2D eigenvalue weighted by atomic mass is 10.4. The zero-order chi connectivity index (χ0) is 18.8. The van der Waals surface area contributed by atoms with Crippen LogP contribution in [0.1, 0.15) is 11.5 Å². The summed E-state index contributed by atoms with van der Waals surface area (Å²) in [6.07, 6.45) is 3.18. The number of aryl methyl sites for hydroxylation is 1. The van der Waals surface area contributed by atoms with E-state index in [9.17, 15) is 9.59 Å². The van der Waals surface area contributed by atoms with Crippen LogP contribution in [-0.4, -0.2) is 31.2 Å². The minimum Gasteiger partial charge on any atom is -0.467 e. The van der Waals surface area contributed by atoms with E-state index in [0.717, 1.165) is 5.69 Å². The van der Waals surface area contributed by atoms with Crippen molar-refractivity contribution in [1.82, 2.24) is 19.5 Å². The van der Waals surface area contributed by atoms with Gasteiger partial charge >= 0.3 is 0 Å². The molecule has 4 heterocycles. The van der Waals surface area contributed by atoms with Crippen molar-refractivity contribution in [3.63, 3.8) is 0 Å². The Hall–Kier alpha value is -2.85. The summed E-state index contributed by atoms with van der Waals surface area (Å²) in [5, 5.41) is 5.50. The van der Waals surface area contributed by atoms with Gasteiger partial charge in [-0.3, -0.25) is 14.2 Å². The Kier molecular flexibility index (Phi) is 4.82. The Balaban J connectivity index is 1.63. The predicted molar refractivity (Wildman–Crippen MR) is 104 cm³/mol. The third-order valence-electron chi connectivity index (χ3n) is 3.74. The Labute approximate surface area is 161 Å². The summed E-state index contributed by atoms with van der Waals surface area (Å²) in [6, 6.07) is 5.37. The molecule has 0 atom stereocenters. The van der Waals surface area contributed by atoms with E-state index < -0.39 is 0 Å². The molecule has 4 rings (SSSR count). The van der Waals surface area contributed by atoms with Crippen LogP contribution in [0.15, 0.2) is 50.4 Å². The molecule has 0 aromatic carbocycles. The molecule has 0 bridgehead atoms. The lowest BCUT2D eigenvalue weighted by molar-refractivity contribution is -0.113. The number of amides is 1. The molecule has 2 N–H and O–H groups in total. The van der Waals surface area contributed by atoms with Crippen LogP contribution in [0, 0.1) is 6.92 Å². The number of rotatable bonds is 6.